The Morgan fingerprint density at radius 1 is 0.943 bits per heavy atom. The molecule has 2 nitrogen and oxygen atoms in total. The van der Waals surface area contributed by atoms with Crippen LogP contribution in [-0.2, 0) is 0 Å². The molecule has 3 fully saturated rings. The van der Waals surface area contributed by atoms with Crippen LogP contribution in [0.4, 0.5) is 0 Å². The molecule has 188 valence electrons. The fraction of sp³-hybridized carbons (Fsp3) is 0.667. The Hall–Kier alpha value is -1.67. The number of fused-ring (bicyclic) bond motifs is 6. The van der Waals surface area contributed by atoms with Crippen molar-refractivity contribution in [2.45, 2.75) is 97.6 Å². The molecule has 1 aromatic carbocycles. The lowest BCUT2D eigenvalue weighted by Gasteiger charge is -2.62. The van der Waals surface area contributed by atoms with Crippen LogP contribution in [0.1, 0.15) is 91.5 Å². The molecule has 0 saturated heterocycles. The third kappa shape index (κ3) is 3.64. The van der Waals surface area contributed by atoms with E-state index in [0.29, 0.717) is 10.8 Å². The van der Waals surface area contributed by atoms with E-state index in [1.807, 2.05) is 12.4 Å². The molecule has 1 aromatic heterocycles. The Bertz CT molecular complexity index is 1140. The van der Waals surface area contributed by atoms with E-state index < -0.39 is 0 Å². The molecular weight excluding hydrogens is 424 g/mol. The summed E-state index contributed by atoms with van der Waals surface area (Å²) in [6, 6.07) is 9.97. The molecule has 6 rings (SSSR count). The Balaban J connectivity index is 1.23. The summed E-state index contributed by atoms with van der Waals surface area (Å²) >= 11 is 0. The Morgan fingerprint density at radius 2 is 1.77 bits per heavy atom. The lowest BCUT2D eigenvalue weighted by Crippen LogP contribution is -2.56. The Morgan fingerprint density at radius 3 is 2.57 bits per heavy atom. The highest BCUT2D eigenvalue weighted by Crippen LogP contribution is 2.67. The zero-order chi connectivity index (χ0) is 24.6. The quantitative estimate of drug-likeness (QED) is 0.438. The van der Waals surface area contributed by atoms with Gasteiger partial charge in [-0.2, -0.15) is 0 Å². The molecule has 0 radical (unpaired) electrons. The normalized spacial score (nSPS) is 39.2. The summed E-state index contributed by atoms with van der Waals surface area (Å²) in [5.41, 5.74) is 4.24. The van der Waals surface area contributed by atoms with Gasteiger partial charge in [0.1, 0.15) is 0 Å². The number of benzene rings is 1. The van der Waals surface area contributed by atoms with Crippen LogP contribution in [0.2, 0.25) is 0 Å². The average Bonchev–Trinajstić information content (AvgIpc) is 3.19. The van der Waals surface area contributed by atoms with Crippen molar-refractivity contribution in [1.82, 2.24) is 9.88 Å². The molecular formula is C33H46N2. The second kappa shape index (κ2) is 8.17. The van der Waals surface area contributed by atoms with Crippen molar-refractivity contribution in [2.75, 3.05) is 7.05 Å². The molecule has 0 bridgehead atoms. The molecule has 35 heavy (non-hydrogen) atoms. The molecule has 0 unspecified atom stereocenters. The van der Waals surface area contributed by atoms with Crippen molar-refractivity contribution in [3.63, 3.8) is 0 Å². The van der Waals surface area contributed by atoms with E-state index in [9.17, 15) is 0 Å². The number of rotatable bonds is 2. The maximum Gasteiger partial charge on any atom is 0.0346 e. The van der Waals surface area contributed by atoms with E-state index in [1.54, 1.807) is 5.57 Å². The lowest BCUT2D eigenvalue weighted by molar-refractivity contribution is -0.112. The molecule has 0 amide bonds. The molecule has 2 heteroatoms. The minimum Gasteiger partial charge on any atom is -0.299 e. The van der Waals surface area contributed by atoms with Gasteiger partial charge < -0.3 is 0 Å². The topological polar surface area (TPSA) is 16.1 Å². The summed E-state index contributed by atoms with van der Waals surface area (Å²) < 4.78 is 0. The van der Waals surface area contributed by atoms with Gasteiger partial charge in [-0.05, 0) is 142 Å². The van der Waals surface area contributed by atoms with E-state index in [4.69, 9.17) is 0 Å². The summed E-state index contributed by atoms with van der Waals surface area (Å²) in [7, 11) is 2.37. The van der Waals surface area contributed by atoms with E-state index >= 15 is 0 Å². The third-order valence-electron chi connectivity index (χ3n) is 11.8. The molecule has 0 N–H and O–H groups in total. The maximum atomic E-state index is 4.39. The number of hydrogen-bond acceptors (Lipinski definition) is 2. The zero-order valence-electron chi connectivity index (χ0n) is 23.0. The first kappa shape index (κ1) is 23.7. The summed E-state index contributed by atoms with van der Waals surface area (Å²) in [5.74, 6) is 3.57. The highest BCUT2D eigenvalue weighted by atomic mass is 15.2. The molecule has 3 saturated carbocycles. The lowest BCUT2D eigenvalue weighted by atomic mass is 9.44. The molecule has 2 aromatic rings. The Labute approximate surface area is 213 Å². The van der Waals surface area contributed by atoms with Crippen LogP contribution < -0.4 is 0 Å². The minimum atomic E-state index is 0.271. The van der Waals surface area contributed by atoms with Gasteiger partial charge in [0.15, 0.2) is 0 Å². The predicted molar refractivity (Wildman–Crippen MR) is 148 cm³/mol. The van der Waals surface area contributed by atoms with Crippen LogP contribution >= 0.6 is 0 Å². The largest absolute Gasteiger partial charge is 0.299 e. The number of pyridine rings is 1. The first-order valence-electron chi connectivity index (χ1n) is 14.4. The van der Waals surface area contributed by atoms with Gasteiger partial charge in [-0.15, -0.1) is 0 Å². The second-order valence-electron chi connectivity index (χ2n) is 14.1. The van der Waals surface area contributed by atoms with Gasteiger partial charge in [0.05, 0.1) is 0 Å². The van der Waals surface area contributed by atoms with Crippen molar-refractivity contribution in [3.05, 3.63) is 48.3 Å². The summed E-state index contributed by atoms with van der Waals surface area (Å²) in [5, 5.41) is 2.57. The number of allylic oxidation sites excluding steroid dienone is 2. The minimum absolute atomic E-state index is 0.271. The monoisotopic (exact) mass is 470 g/mol. The fourth-order valence-corrected chi connectivity index (χ4v) is 9.40. The van der Waals surface area contributed by atoms with Crippen molar-refractivity contribution >= 4 is 16.3 Å². The van der Waals surface area contributed by atoms with Crippen LogP contribution in [0, 0.1) is 34.5 Å². The van der Waals surface area contributed by atoms with Crippen LogP contribution in [0.25, 0.3) is 16.3 Å². The van der Waals surface area contributed by atoms with Gasteiger partial charge in [0.25, 0.3) is 0 Å². The van der Waals surface area contributed by atoms with Gasteiger partial charge >= 0.3 is 0 Å². The average molecular weight is 471 g/mol. The molecule has 4 aliphatic carbocycles. The summed E-state index contributed by atoms with van der Waals surface area (Å²) in [6.45, 7) is 12.5. The smallest absolute Gasteiger partial charge is 0.0346 e. The first-order chi connectivity index (χ1) is 16.6. The standard InChI is InChI=1S/C33H46N2/c1-31(2,3)35(6)26-13-16-32(4)25(20-26)9-10-27-29-12-11-28(33(29,5)17-14-30(27)32)23-8-7-22-15-18-34-21-24(22)19-23/h7-8,11,15,18-19,21,25-27,29-30H,9-10,12-14,16-17,20H2,1-6H3/t25-,26+,27-,29-,30-,32-,33+/m0/s1. The zero-order valence-corrected chi connectivity index (χ0v) is 23.0. The van der Waals surface area contributed by atoms with Crippen molar-refractivity contribution < 1.29 is 0 Å². The fourth-order valence-electron chi connectivity index (χ4n) is 9.40. The highest BCUT2D eigenvalue weighted by Gasteiger charge is 2.59. The van der Waals surface area contributed by atoms with Crippen LogP contribution in [-0.4, -0.2) is 28.5 Å². The molecule has 0 aliphatic heterocycles. The van der Waals surface area contributed by atoms with E-state index in [-0.39, 0.29) is 5.54 Å². The second-order valence-corrected chi connectivity index (χ2v) is 14.1. The van der Waals surface area contributed by atoms with Crippen LogP contribution in [0.5, 0.6) is 0 Å². The van der Waals surface area contributed by atoms with Crippen molar-refractivity contribution in [1.29, 1.82) is 0 Å². The molecule has 1 heterocycles. The number of hydrogen-bond donors (Lipinski definition) is 0. The predicted octanol–water partition coefficient (Wildman–Crippen LogP) is 8.37. The van der Waals surface area contributed by atoms with Gasteiger partial charge in [-0.25, -0.2) is 0 Å². The maximum absolute atomic E-state index is 4.39. The van der Waals surface area contributed by atoms with Crippen molar-refractivity contribution in [2.24, 2.45) is 34.5 Å². The van der Waals surface area contributed by atoms with E-state index in [2.05, 4.69) is 81.9 Å². The van der Waals surface area contributed by atoms with Crippen molar-refractivity contribution in [3.8, 4) is 0 Å². The van der Waals surface area contributed by atoms with E-state index in [1.165, 1.54) is 67.7 Å². The third-order valence-corrected chi connectivity index (χ3v) is 11.8. The summed E-state index contributed by atoms with van der Waals surface area (Å²) in [4.78, 5) is 7.07. The number of aromatic nitrogens is 1. The van der Waals surface area contributed by atoms with Gasteiger partial charge in [-0.3, -0.25) is 9.88 Å². The van der Waals surface area contributed by atoms with Gasteiger partial charge in [-0.1, -0.05) is 32.1 Å². The SMILES string of the molecule is CN([C@@H]1CC[C@@]2(C)[C@@H](CC[C@@H]3[C@@H]2CC[C@]2(C)C(c4ccc5ccncc5c4)=CC[C@@H]32)C1)C(C)(C)C. The van der Waals surface area contributed by atoms with Gasteiger partial charge in [0, 0.05) is 29.4 Å². The molecule has 7 atom stereocenters. The van der Waals surface area contributed by atoms with Crippen LogP contribution in [0.3, 0.4) is 0 Å². The molecule has 0 spiro atoms. The van der Waals surface area contributed by atoms with E-state index in [0.717, 1.165) is 29.7 Å². The van der Waals surface area contributed by atoms with Gasteiger partial charge in [0.2, 0.25) is 0 Å². The Kier molecular flexibility index (Phi) is 5.53. The number of nitrogens with zero attached hydrogens (tertiary/aromatic N) is 2. The highest BCUT2D eigenvalue weighted by molar-refractivity contribution is 5.86. The summed E-state index contributed by atoms with van der Waals surface area (Å²) in [6.07, 6.45) is 17.8. The molecule has 4 aliphatic rings. The first-order valence-corrected chi connectivity index (χ1v) is 14.4. The van der Waals surface area contributed by atoms with Crippen LogP contribution in [0.15, 0.2) is 42.7 Å².